The van der Waals surface area contributed by atoms with Crippen molar-refractivity contribution < 1.29 is 14.6 Å². The minimum atomic E-state index is -0.174. The van der Waals surface area contributed by atoms with E-state index in [1.807, 2.05) is 18.9 Å². The standard InChI is InChI=1S/C19H30N4O3.HI/c1-3-20-19(23(2)12-13-26-14-15-4-5-15)22-11-10-21-18(25)16-6-8-17(24)9-7-16;/h6-9,15,24H,3-5,10-14H2,1-2H3,(H,20,22)(H,21,25);1H. The van der Waals surface area contributed by atoms with Crippen molar-refractivity contribution in [2.24, 2.45) is 10.9 Å². The number of aliphatic imine (C=N–C) groups is 1. The molecule has 1 saturated carbocycles. The number of amides is 1. The fourth-order valence-corrected chi connectivity index (χ4v) is 2.36. The largest absolute Gasteiger partial charge is 0.508 e. The Morgan fingerprint density at radius 3 is 2.63 bits per heavy atom. The summed E-state index contributed by atoms with van der Waals surface area (Å²) in [5, 5.41) is 15.3. The lowest BCUT2D eigenvalue weighted by Crippen LogP contribution is -2.41. The molecule has 8 heteroatoms. The van der Waals surface area contributed by atoms with E-state index in [0.29, 0.717) is 25.3 Å². The Kier molecular flexibility index (Phi) is 11.1. The van der Waals surface area contributed by atoms with E-state index in [4.69, 9.17) is 4.74 Å². The first-order valence-corrected chi connectivity index (χ1v) is 9.24. The Morgan fingerprint density at radius 1 is 1.30 bits per heavy atom. The maximum atomic E-state index is 12.0. The summed E-state index contributed by atoms with van der Waals surface area (Å²) in [6.07, 6.45) is 2.60. The fourth-order valence-electron chi connectivity index (χ4n) is 2.36. The molecule has 0 aliphatic heterocycles. The molecule has 1 aliphatic carbocycles. The Balaban J connectivity index is 0.00000364. The molecular weight excluding hydrogens is 459 g/mol. The van der Waals surface area contributed by atoms with Crippen LogP contribution >= 0.6 is 24.0 Å². The van der Waals surface area contributed by atoms with Crippen LogP contribution in [0.2, 0.25) is 0 Å². The minimum absolute atomic E-state index is 0. The van der Waals surface area contributed by atoms with Crippen molar-refractivity contribution >= 4 is 35.8 Å². The molecule has 1 aromatic rings. The van der Waals surface area contributed by atoms with Gasteiger partial charge in [0.15, 0.2) is 5.96 Å². The monoisotopic (exact) mass is 490 g/mol. The van der Waals surface area contributed by atoms with Gasteiger partial charge in [0.25, 0.3) is 5.91 Å². The van der Waals surface area contributed by atoms with Gasteiger partial charge in [-0.25, -0.2) is 0 Å². The maximum absolute atomic E-state index is 12.0. The summed E-state index contributed by atoms with van der Waals surface area (Å²) >= 11 is 0. The molecule has 1 amide bonds. The number of rotatable bonds is 10. The lowest BCUT2D eigenvalue weighted by Gasteiger charge is -2.22. The SMILES string of the molecule is CCNC(=NCCNC(=O)c1ccc(O)cc1)N(C)CCOCC1CC1.I. The summed E-state index contributed by atoms with van der Waals surface area (Å²) in [4.78, 5) is 18.6. The van der Waals surface area contributed by atoms with Crippen LogP contribution < -0.4 is 10.6 Å². The highest BCUT2D eigenvalue weighted by Crippen LogP contribution is 2.28. The highest BCUT2D eigenvalue weighted by atomic mass is 127. The number of ether oxygens (including phenoxy) is 1. The molecule has 1 aliphatic rings. The lowest BCUT2D eigenvalue weighted by molar-refractivity contribution is 0.0955. The van der Waals surface area contributed by atoms with E-state index in [1.165, 1.54) is 25.0 Å². The van der Waals surface area contributed by atoms with E-state index in [2.05, 4.69) is 15.6 Å². The average Bonchev–Trinajstić information content (AvgIpc) is 3.46. The van der Waals surface area contributed by atoms with E-state index in [9.17, 15) is 9.90 Å². The summed E-state index contributed by atoms with van der Waals surface area (Å²) in [5.41, 5.74) is 0.517. The lowest BCUT2D eigenvalue weighted by atomic mass is 10.2. The molecule has 3 N–H and O–H groups in total. The van der Waals surface area contributed by atoms with E-state index in [-0.39, 0.29) is 35.6 Å². The molecule has 0 bridgehead atoms. The van der Waals surface area contributed by atoms with Crippen molar-refractivity contribution in [3.63, 3.8) is 0 Å². The van der Waals surface area contributed by atoms with Crippen LogP contribution in [0.4, 0.5) is 0 Å². The highest BCUT2D eigenvalue weighted by Gasteiger charge is 2.21. The van der Waals surface area contributed by atoms with Gasteiger partial charge in [-0.15, -0.1) is 24.0 Å². The van der Waals surface area contributed by atoms with Crippen LogP contribution in [0.3, 0.4) is 0 Å². The number of carbonyl (C=O) groups excluding carboxylic acids is 1. The number of hydrogen-bond donors (Lipinski definition) is 3. The Labute approximate surface area is 178 Å². The highest BCUT2D eigenvalue weighted by molar-refractivity contribution is 14.0. The van der Waals surface area contributed by atoms with Crippen molar-refractivity contribution in [3.05, 3.63) is 29.8 Å². The zero-order valence-electron chi connectivity index (χ0n) is 16.1. The first kappa shape index (κ1) is 23.5. The number of nitrogens with one attached hydrogen (secondary N) is 2. The second kappa shape index (κ2) is 12.8. The van der Waals surface area contributed by atoms with Crippen molar-refractivity contribution in [1.29, 1.82) is 0 Å². The van der Waals surface area contributed by atoms with Gasteiger partial charge in [0.2, 0.25) is 0 Å². The van der Waals surface area contributed by atoms with Gasteiger partial charge >= 0.3 is 0 Å². The van der Waals surface area contributed by atoms with Crippen molar-refractivity contribution in [2.75, 3.05) is 46.4 Å². The van der Waals surface area contributed by atoms with E-state index in [1.54, 1.807) is 12.1 Å². The zero-order chi connectivity index (χ0) is 18.8. The molecule has 7 nitrogen and oxygen atoms in total. The number of hydrogen-bond acceptors (Lipinski definition) is 4. The Hall–Kier alpha value is -1.55. The average molecular weight is 490 g/mol. The third-order valence-electron chi connectivity index (χ3n) is 4.11. The number of halogens is 1. The summed E-state index contributed by atoms with van der Waals surface area (Å²) < 4.78 is 5.67. The van der Waals surface area contributed by atoms with E-state index >= 15 is 0 Å². The first-order chi connectivity index (χ1) is 12.6. The number of carbonyl (C=O) groups is 1. The van der Waals surface area contributed by atoms with Gasteiger partial charge in [-0.2, -0.15) is 0 Å². The number of likely N-dealkylation sites (N-methyl/N-ethyl adjacent to an activating group) is 1. The number of benzene rings is 1. The predicted octanol–water partition coefficient (Wildman–Crippen LogP) is 2.06. The van der Waals surface area contributed by atoms with Gasteiger partial charge in [-0.1, -0.05) is 0 Å². The van der Waals surface area contributed by atoms with Gasteiger partial charge in [0, 0.05) is 38.9 Å². The number of phenolic OH excluding ortho intramolecular Hbond substituents is 1. The molecular formula is C19H31IN4O3. The van der Waals surface area contributed by atoms with Crippen LogP contribution in [0.1, 0.15) is 30.1 Å². The third-order valence-corrected chi connectivity index (χ3v) is 4.11. The molecule has 0 unspecified atom stereocenters. The molecule has 152 valence electrons. The minimum Gasteiger partial charge on any atom is -0.508 e. The molecule has 0 radical (unpaired) electrons. The van der Waals surface area contributed by atoms with Gasteiger partial charge in [0.05, 0.1) is 13.2 Å². The molecule has 0 spiro atoms. The molecule has 0 aromatic heterocycles. The number of aromatic hydroxyl groups is 1. The van der Waals surface area contributed by atoms with Gasteiger partial charge in [-0.3, -0.25) is 9.79 Å². The molecule has 0 atom stereocenters. The van der Waals surface area contributed by atoms with Crippen LogP contribution in [-0.2, 0) is 4.74 Å². The van der Waals surface area contributed by atoms with E-state index < -0.39 is 0 Å². The van der Waals surface area contributed by atoms with Gasteiger partial charge < -0.3 is 25.4 Å². The maximum Gasteiger partial charge on any atom is 0.251 e. The van der Waals surface area contributed by atoms with Crippen molar-refractivity contribution in [3.8, 4) is 5.75 Å². The molecule has 1 fully saturated rings. The van der Waals surface area contributed by atoms with Crippen LogP contribution in [-0.4, -0.2) is 68.3 Å². The molecule has 0 saturated heterocycles. The van der Waals surface area contributed by atoms with Crippen molar-refractivity contribution in [2.45, 2.75) is 19.8 Å². The summed E-state index contributed by atoms with van der Waals surface area (Å²) in [7, 11) is 1.98. The molecule has 2 rings (SSSR count). The smallest absolute Gasteiger partial charge is 0.251 e. The zero-order valence-corrected chi connectivity index (χ0v) is 18.4. The third kappa shape index (κ3) is 9.28. The van der Waals surface area contributed by atoms with E-state index in [0.717, 1.165) is 31.6 Å². The number of guanidine groups is 1. The summed E-state index contributed by atoms with van der Waals surface area (Å²) in [6.45, 7) is 6.07. The number of nitrogens with zero attached hydrogens (tertiary/aromatic N) is 2. The predicted molar refractivity (Wildman–Crippen MR) is 118 cm³/mol. The molecule has 0 heterocycles. The van der Waals surface area contributed by atoms with Crippen LogP contribution in [0.5, 0.6) is 5.75 Å². The Bertz CT molecular complexity index is 591. The van der Waals surface area contributed by atoms with Crippen LogP contribution in [0, 0.1) is 5.92 Å². The quantitative estimate of drug-likeness (QED) is 0.202. The van der Waals surface area contributed by atoms with Crippen LogP contribution in [0.25, 0.3) is 0 Å². The summed E-state index contributed by atoms with van der Waals surface area (Å²) in [5.74, 6) is 1.55. The van der Waals surface area contributed by atoms with Crippen molar-refractivity contribution in [1.82, 2.24) is 15.5 Å². The molecule has 1 aromatic carbocycles. The van der Waals surface area contributed by atoms with Crippen LogP contribution in [0.15, 0.2) is 29.3 Å². The Morgan fingerprint density at radius 2 is 2.00 bits per heavy atom. The number of phenols is 1. The summed E-state index contributed by atoms with van der Waals surface area (Å²) in [6, 6.07) is 6.17. The first-order valence-electron chi connectivity index (χ1n) is 9.24. The van der Waals surface area contributed by atoms with Gasteiger partial charge in [0.1, 0.15) is 5.75 Å². The second-order valence-corrected chi connectivity index (χ2v) is 6.48. The fraction of sp³-hybridized carbons (Fsp3) is 0.579. The normalized spacial score (nSPS) is 13.6. The molecule has 27 heavy (non-hydrogen) atoms. The van der Waals surface area contributed by atoms with Gasteiger partial charge in [-0.05, 0) is 49.9 Å². The second-order valence-electron chi connectivity index (χ2n) is 6.48. The topological polar surface area (TPSA) is 86.2 Å².